The summed E-state index contributed by atoms with van der Waals surface area (Å²) in [5.74, 6) is 1.32. The lowest BCUT2D eigenvalue weighted by Crippen LogP contribution is -2.40. The van der Waals surface area contributed by atoms with Crippen LogP contribution in [0.5, 0.6) is 5.75 Å². The predicted octanol–water partition coefficient (Wildman–Crippen LogP) is 6.57. The topological polar surface area (TPSA) is 83.0 Å². The molecule has 0 N–H and O–H groups in total. The van der Waals surface area contributed by atoms with Gasteiger partial charge < -0.3 is 13.9 Å². The first-order chi connectivity index (χ1) is 19.7. The molecule has 3 heterocycles. The number of methoxy groups -OCH3 is 1. The summed E-state index contributed by atoms with van der Waals surface area (Å²) in [5.41, 5.74) is 3.34. The van der Waals surface area contributed by atoms with Crippen LogP contribution in [-0.4, -0.2) is 24.3 Å². The number of allylic oxidation sites excluding steroid dienone is 1. The first-order valence-electron chi connectivity index (χ1n) is 13.2. The van der Waals surface area contributed by atoms with Crippen molar-refractivity contribution in [3.8, 4) is 17.1 Å². The molecule has 41 heavy (non-hydrogen) atoms. The zero-order valence-electron chi connectivity index (χ0n) is 23.0. The van der Waals surface area contributed by atoms with Crippen LogP contribution in [0.4, 0.5) is 0 Å². The Balaban J connectivity index is 1.69. The quantitative estimate of drug-likeness (QED) is 0.201. The van der Waals surface area contributed by atoms with Gasteiger partial charge in [-0.1, -0.05) is 48.4 Å². The van der Waals surface area contributed by atoms with Crippen molar-refractivity contribution in [1.29, 1.82) is 0 Å². The molecule has 4 aromatic rings. The van der Waals surface area contributed by atoms with E-state index in [0.29, 0.717) is 53.8 Å². The summed E-state index contributed by atoms with van der Waals surface area (Å²) >= 11 is 11.0. The third kappa shape index (κ3) is 5.71. The minimum Gasteiger partial charge on any atom is -0.496 e. The fraction of sp³-hybridized carbons (Fsp3) is 0.258. The number of carbonyl (C=O) groups excluding carboxylic acids is 1. The SMILES string of the molecule is CCCC1=C(C(=O)OCC)C(c2ccc(OC)c(Br)c2)n2c(s/c(=C\c3ccc(-c4cc(Cl)ccc4C)o3)c2=O)=N1. The largest absolute Gasteiger partial charge is 0.496 e. The minimum atomic E-state index is -0.725. The first-order valence-corrected chi connectivity index (χ1v) is 15.2. The second kappa shape index (κ2) is 12.2. The molecule has 0 saturated carbocycles. The zero-order valence-corrected chi connectivity index (χ0v) is 26.2. The molecule has 0 saturated heterocycles. The highest BCUT2D eigenvalue weighted by molar-refractivity contribution is 9.10. The Labute approximate surface area is 254 Å². The second-order valence-corrected chi connectivity index (χ2v) is 11.8. The van der Waals surface area contributed by atoms with Crippen LogP contribution in [0, 0.1) is 6.92 Å². The molecule has 2 aromatic heterocycles. The maximum Gasteiger partial charge on any atom is 0.338 e. The number of ether oxygens (including phenoxy) is 2. The van der Waals surface area contributed by atoms with Crippen molar-refractivity contribution in [2.45, 2.75) is 39.7 Å². The highest BCUT2D eigenvalue weighted by atomic mass is 79.9. The van der Waals surface area contributed by atoms with Gasteiger partial charge in [-0.25, -0.2) is 9.79 Å². The Morgan fingerprint density at radius 1 is 1.20 bits per heavy atom. The number of benzene rings is 2. The number of aryl methyl sites for hydroxylation is 1. The maximum absolute atomic E-state index is 14.0. The van der Waals surface area contributed by atoms with Crippen LogP contribution in [0.15, 0.2) is 78.5 Å². The number of halogens is 2. The molecule has 212 valence electrons. The normalized spacial score (nSPS) is 15.1. The molecule has 1 aliphatic heterocycles. The number of thiazole rings is 1. The van der Waals surface area contributed by atoms with E-state index < -0.39 is 12.0 Å². The smallest absolute Gasteiger partial charge is 0.338 e. The van der Waals surface area contributed by atoms with Gasteiger partial charge in [0.15, 0.2) is 4.80 Å². The van der Waals surface area contributed by atoms with Gasteiger partial charge in [0.05, 0.1) is 40.0 Å². The van der Waals surface area contributed by atoms with Gasteiger partial charge in [-0.3, -0.25) is 9.36 Å². The summed E-state index contributed by atoms with van der Waals surface area (Å²) in [6.07, 6.45) is 3.04. The maximum atomic E-state index is 14.0. The number of rotatable bonds is 8. The van der Waals surface area contributed by atoms with Crippen molar-refractivity contribution in [3.63, 3.8) is 0 Å². The molecule has 10 heteroatoms. The monoisotopic (exact) mass is 654 g/mol. The van der Waals surface area contributed by atoms with Crippen molar-refractivity contribution in [3.05, 3.63) is 106 Å². The lowest BCUT2D eigenvalue weighted by molar-refractivity contribution is -0.139. The van der Waals surface area contributed by atoms with Crippen molar-refractivity contribution >= 4 is 50.9 Å². The van der Waals surface area contributed by atoms with Gasteiger partial charge in [0, 0.05) is 16.7 Å². The molecule has 5 rings (SSSR count). The summed E-state index contributed by atoms with van der Waals surface area (Å²) in [7, 11) is 1.58. The molecular weight excluding hydrogens is 628 g/mol. The highest BCUT2D eigenvalue weighted by Crippen LogP contribution is 2.36. The van der Waals surface area contributed by atoms with Crippen LogP contribution >= 0.6 is 38.9 Å². The molecule has 0 aliphatic carbocycles. The third-order valence-corrected chi connectivity index (χ3v) is 8.59. The molecule has 1 unspecified atom stereocenters. The van der Waals surface area contributed by atoms with Crippen molar-refractivity contribution in [2.75, 3.05) is 13.7 Å². The highest BCUT2D eigenvalue weighted by Gasteiger charge is 2.34. The Morgan fingerprint density at radius 3 is 2.71 bits per heavy atom. The third-order valence-electron chi connectivity index (χ3n) is 6.75. The molecule has 1 atom stereocenters. The lowest BCUT2D eigenvalue weighted by Gasteiger charge is -2.26. The van der Waals surface area contributed by atoms with E-state index in [1.165, 1.54) is 11.3 Å². The average Bonchev–Trinajstić information content (AvgIpc) is 3.53. The van der Waals surface area contributed by atoms with E-state index in [2.05, 4.69) is 15.9 Å². The Kier molecular flexibility index (Phi) is 8.68. The summed E-state index contributed by atoms with van der Waals surface area (Å²) in [4.78, 5) is 32.7. The average molecular weight is 656 g/mol. The van der Waals surface area contributed by atoms with Gasteiger partial charge in [0.25, 0.3) is 5.56 Å². The fourth-order valence-electron chi connectivity index (χ4n) is 4.85. The van der Waals surface area contributed by atoms with E-state index in [4.69, 9.17) is 30.5 Å². The Bertz CT molecular complexity index is 1850. The molecule has 0 fully saturated rings. The van der Waals surface area contributed by atoms with Crippen LogP contribution < -0.4 is 19.6 Å². The van der Waals surface area contributed by atoms with E-state index in [9.17, 15) is 9.59 Å². The number of aromatic nitrogens is 1. The fourth-order valence-corrected chi connectivity index (χ4v) is 6.58. The number of hydrogen-bond acceptors (Lipinski definition) is 7. The summed E-state index contributed by atoms with van der Waals surface area (Å²) < 4.78 is 19.7. The minimum absolute atomic E-state index is 0.206. The second-order valence-electron chi connectivity index (χ2n) is 9.47. The standard InChI is InChI=1S/C31H28BrClN2O5S/c1-5-7-23-27(30(37)39-6-2)28(18-9-12-25(38-4)22(32)14-18)35-29(36)26(41-31(35)34-23)16-20-11-13-24(40-20)21-15-19(33)10-8-17(21)3/h8-16,28H,5-7H2,1-4H3/b26-16-. The number of nitrogens with zero attached hydrogens (tertiary/aromatic N) is 2. The molecule has 0 radical (unpaired) electrons. The van der Waals surface area contributed by atoms with Gasteiger partial charge in [0.2, 0.25) is 0 Å². The van der Waals surface area contributed by atoms with Gasteiger partial charge in [-0.05, 0) is 83.7 Å². The van der Waals surface area contributed by atoms with Crippen LogP contribution in [0.3, 0.4) is 0 Å². The van der Waals surface area contributed by atoms with Crippen LogP contribution in [-0.2, 0) is 9.53 Å². The van der Waals surface area contributed by atoms with Gasteiger partial charge >= 0.3 is 5.97 Å². The van der Waals surface area contributed by atoms with Gasteiger partial charge in [-0.15, -0.1) is 0 Å². The number of hydrogen-bond donors (Lipinski definition) is 0. The Hall–Kier alpha value is -3.40. The molecule has 2 aromatic carbocycles. The van der Waals surface area contributed by atoms with E-state index >= 15 is 0 Å². The van der Waals surface area contributed by atoms with E-state index in [1.807, 2.05) is 56.3 Å². The van der Waals surface area contributed by atoms with E-state index in [1.54, 1.807) is 30.7 Å². The molecular formula is C31H28BrClN2O5S. The molecule has 7 nitrogen and oxygen atoms in total. The summed E-state index contributed by atoms with van der Waals surface area (Å²) in [6.45, 7) is 5.97. The molecule has 0 spiro atoms. The Morgan fingerprint density at radius 2 is 2.00 bits per heavy atom. The first kappa shape index (κ1) is 29.1. The predicted molar refractivity (Wildman–Crippen MR) is 164 cm³/mol. The van der Waals surface area contributed by atoms with Crippen molar-refractivity contribution in [1.82, 2.24) is 4.57 Å². The summed E-state index contributed by atoms with van der Waals surface area (Å²) in [6, 6.07) is 14.1. The van der Waals surface area contributed by atoms with Crippen molar-refractivity contribution < 1.29 is 18.7 Å². The number of fused-ring (bicyclic) bond motifs is 1. The number of furan rings is 1. The number of carbonyl (C=O) groups is 1. The van der Waals surface area contributed by atoms with Crippen LogP contribution in [0.2, 0.25) is 5.02 Å². The molecule has 0 bridgehead atoms. The van der Waals surface area contributed by atoms with Gasteiger partial charge in [-0.2, -0.15) is 0 Å². The lowest BCUT2D eigenvalue weighted by atomic mass is 9.94. The van der Waals surface area contributed by atoms with E-state index in [0.717, 1.165) is 23.1 Å². The number of esters is 1. The van der Waals surface area contributed by atoms with Crippen LogP contribution in [0.25, 0.3) is 17.4 Å². The van der Waals surface area contributed by atoms with Gasteiger partial charge in [0.1, 0.15) is 17.3 Å². The van der Waals surface area contributed by atoms with Crippen molar-refractivity contribution in [2.24, 2.45) is 4.99 Å². The van der Waals surface area contributed by atoms with E-state index in [-0.39, 0.29) is 12.2 Å². The molecule has 1 aliphatic rings. The molecule has 0 amide bonds. The van der Waals surface area contributed by atoms with Crippen LogP contribution in [0.1, 0.15) is 49.6 Å². The summed E-state index contributed by atoms with van der Waals surface area (Å²) in [5, 5.41) is 0.613. The zero-order chi connectivity index (χ0) is 29.3.